The minimum atomic E-state index is -0.0166. The summed E-state index contributed by atoms with van der Waals surface area (Å²) >= 11 is 0. The fourth-order valence-electron chi connectivity index (χ4n) is 0.984. The highest BCUT2D eigenvalue weighted by molar-refractivity contribution is 5.76. The zero-order valence-corrected chi connectivity index (χ0v) is 9.90. The second-order valence-corrected chi connectivity index (χ2v) is 2.83. The van der Waals surface area contributed by atoms with Gasteiger partial charge in [-0.05, 0) is 32.0 Å². The standard InChI is InChI=1S/C8H8O3.C4H10O/c1-11-8-3-2-6(5-9)4-7(8)10;1-3-5-4-2/h2-5,10H,1H3;3-4H2,1-2H3. The smallest absolute Gasteiger partial charge is 0.160 e. The Hall–Kier alpha value is -1.55. The largest absolute Gasteiger partial charge is 0.504 e. The van der Waals surface area contributed by atoms with Crippen LogP contribution in [0.3, 0.4) is 0 Å². The topological polar surface area (TPSA) is 55.8 Å². The molecule has 0 heterocycles. The van der Waals surface area contributed by atoms with Gasteiger partial charge in [0, 0.05) is 18.8 Å². The van der Waals surface area contributed by atoms with Crippen molar-refractivity contribution in [2.45, 2.75) is 13.8 Å². The molecule has 1 rings (SSSR count). The van der Waals surface area contributed by atoms with Crippen LogP contribution in [0.25, 0.3) is 0 Å². The normalized spacial score (nSPS) is 8.94. The maximum Gasteiger partial charge on any atom is 0.160 e. The number of carbonyl (C=O) groups excluding carboxylic acids is 1. The number of hydrogen-bond donors (Lipinski definition) is 1. The van der Waals surface area contributed by atoms with Crippen LogP contribution >= 0.6 is 0 Å². The molecular weight excluding hydrogens is 208 g/mol. The van der Waals surface area contributed by atoms with Crippen molar-refractivity contribution in [2.75, 3.05) is 20.3 Å². The first-order valence-corrected chi connectivity index (χ1v) is 5.09. The van der Waals surface area contributed by atoms with Crippen molar-refractivity contribution in [3.8, 4) is 11.5 Å². The van der Waals surface area contributed by atoms with E-state index in [1.54, 1.807) is 12.1 Å². The number of ether oxygens (including phenoxy) is 2. The average Bonchev–Trinajstić information content (AvgIpc) is 2.31. The molecule has 0 fully saturated rings. The Kier molecular flexibility index (Phi) is 7.89. The molecule has 0 saturated carbocycles. The number of benzene rings is 1. The van der Waals surface area contributed by atoms with Crippen molar-refractivity contribution >= 4 is 6.29 Å². The van der Waals surface area contributed by atoms with Gasteiger partial charge >= 0.3 is 0 Å². The van der Waals surface area contributed by atoms with Crippen molar-refractivity contribution in [1.82, 2.24) is 0 Å². The van der Waals surface area contributed by atoms with E-state index in [9.17, 15) is 4.79 Å². The Labute approximate surface area is 95.8 Å². The third kappa shape index (κ3) is 5.36. The van der Waals surface area contributed by atoms with E-state index >= 15 is 0 Å². The van der Waals surface area contributed by atoms with Gasteiger partial charge in [-0.15, -0.1) is 0 Å². The number of carbonyl (C=O) groups is 1. The Morgan fingerprint density at radius 1 is 1.31 bits per heavy atom. The van der Waals surface area contributed by atoms with Gasteiger partial charge in [0.15, 0.2) is 11.5 Å². The van der Waals surface area contributed by atoms with Crippen LogP contribution in [0.2, 0.25) is 0 Å². The molecule has 0 amide bonds. The van der Waals surface area contributed by atoms with Crippen molar-refractivity contribution in [3.05, 3.63) is 23.8 Å². The maximum absolute atomic E-state index is 10.2. The molecule has 1 aromatic rings. The lowest BCUT2D eigenvalue weighted by atomic mass is 10.2. The summed E-state index contributed by atoms with van der Waals surface area (Å²) in [5.41, 5.74) is 0.434. The number of aromatic hydroxyl groups is 1. The fourth-order valence-corrected chi connectivity index (χ4v) is 0.984. The van der Waals surface area contributed by atoms with Crippen LogP contribution in [0.15, 0.2) is 18.2 Å². The van der Waals surface area contributed by atoms with E-state index in [0.717, 1.165) is 13.2 Å². The van der Waals surface area contributed by atoms with Crippen LogP contribution in [-0.2, 0) is 4.74 Å². The highest BCUT2D eigenvalue weighted by atomic mass is 16.5. The molecule has 1 N–H and O–H groups in total. The molecule has 16 heavy (non-hydrogen) atoms. The number of phenolic OH excluding ortho intramolecular Hbond substituents is 1. The van der Waals surface area contributed by atoms with Crippen LogP contribution in [-0.4, -0.2) is 31.7 Å². The van der Waals surface area contributed by atoms with E-state index < -0.39 is 0 Å². The zero-order valence-electron chi connectivity index (χ0n) is 9.90. The zero-order chi connectivity index (χ0) is 12.4. The maximum atomic E-state index is 10.2. The van der Waals surface area contributed by atoms with Crippen LogP contribution in [0.5, 0.6) is 11.5 Å². The molecule has 0 radical (unpaired) electrons. The Morgan fingerprint density at radius 2 is 1.94 bits per heavy atom. The molecule has 0 aromatic heterocycles. The lowest BCUT2D eigenvalue weighted by molar-refractivity contribution is 0.112. The number of aldehydes is 1. The predicted octanol–water partition coefficient (Wildman–Crippen LogP) is 2.26. The van der Waals surface area contributed by atoms with Gasteiger partial charge in [-0.25, -0.2) is 0 Å². The van der Waals surface area contributed by atoms with Gasteiger partial charge in [-0.1, -0.05) is 0 Å². The fraction of sp³-hybridized carbons (Fsp3) is 0.417. The van der Waals surface area contributed by atoms with Gasteiger partial charge in [0.05, 0.1) is 7.11 Å². The summed E-state index contributed by atoms with van der Waals surface area (Å²) < 4.78 is 9.61. The molecule has 1 aromatic carbocycles. The van der Waals surface area contributed by atoms with Crippen LogP contribution in [0.4, 0.5) is 0 Å². The van der Waals surface area contributed by atoms with Crippen molar-refractivity contribution in [2.24, 2.45) is 0 Å². The summed E-state index contributed by atoms with van der Waals surface area (Å²) in [6.07, 6.45) is 0.666. The highest BCUT2D eigenvalue weighted by Crippen LogP contribution is 2.25. The number of hydrogen-bond acceptors (Lipinski definition) is 4. The van der Waals surface area contributed by atoms with E-state index in [1.807, 2.05) is 13.8 Å². The average molecular weight is 226 g/mol. The lowest BCUT2D eigenvalue weighted by Gasteiger charge is -2.01. The molecule has 0 unspecified atom stereocenters. The summed E-state index contributed by atoms with van der Waals surface area (Å²) in [6, 6.07) is 4.47. The predicted molar refractivity (Wildman–Crippen MR) is 62.2 cm³/mol. The van der Waals surface area contributed by atoms with Gasteiger partial charge in [0.1, 0.15) is 6.29 Å². The molecule has 0 atom stereocenters. The van der Waals surface area contributed by atoms with Crippen LogP contribution in [0.1, 0.15) is 24.2 Å². The van der Waals surface area contributed by atoms with Crippen molar-refractivity contribution in [1.29, 1.82) is 0 Å². The molecule has 0 aliphatic heterocycles. The first-order chi connectivity index (χ1) is 7.69. The minimum absolute atomic E-state index is 0.0166. The van der Waals surface area contributed by atoms with Gasteiger partial charge in [-0.2, -0.15) is 0 Å². The number of rotatable bonds is 4. The third-order valence-corrected chi connectivity index (χ3v) is 1.75. The minimum Gasteiger partial charge on any atom is -0.504 e. The van der Waals surface area contributed by atoms with E-state index in [1.165, 1.54) is 13.2 Å². The first kappa shape index (κ1) is 14.5. The van der Waals surface area contributed by atoms with Crippen molar-refractivity contribution in [3.63, 3.8) is 0 Å². The molecule has 0 spiro atoms. The van der Waals surface area contributed by atoms with E-state index in [0.29, 0.717) is 17.6 Å². The summed E-state index contributed by atoms with van der Waals surface area (Å²) in [5, 5.41) is 9.14. The number of methoxy groups -OCH3 is 1. The highest BCUT2D eigenvalue weighted by Gasteiger charge is 2.00. The van der Waals surface area contributed by atoms with Crippen molar-refractivity contribution < 1.29 is 19.4 Å². The Balaban J connectivity index is 0.000000385. The molecule has 4 heteroatoms. The van der Waals surface area contributed by atoms with Gasteiger partial charge in [-0.3, -0.25) is 4.79 Å². The summed E-state index contributed by atoms with van der Waals surface area (Å²) in [5.74, 6) is 0.354. The quantitative estimate of drug-likeness (QED) is 0.800. The Bertz CT molecular complexity index is 308. The molecule has 4 nitrogen and oxygen atoms in total. The molecule has 0 aliphatic carbocycles. The van der Waals surface area contributed by atoms with E-state index in [2.05, 4.69) is 0 Å². The molecule has 0 aliphatic rings. The molecule has 0 saturated heterocycles. The molecule has 90 valence electrons. The summed E-state index contributed by atoms with van der Waals surface area (Å²) in [6.45, 7) is 5.67. The third-order valence-electron chi connectivity index (χ3n) is 1.75. The van der Waals surface area contributed by atoms with Gasteiger partial charge in [0.2, 0.25) is 0 Å². The first-order valence-electron chi connectivity index (χ1n) is 5.09. The molecular formula is C12H18O4. The lowest BCUT2D eigenvalue weighted by Crippen LogP contribution is -1.85. The number of phenols is 1. The SMILES string of the molecule is CCOCC.COc1ccc(C=O)cc1O. The monoisotopic (exact) mass is 226 g/mol. The van der Waals surface area contributed by atoms with Crippen LogP contribution in [0, 0.1) is 0 Å². The second-order valence-electron chi connectivity index (χ2n) is 2.83. The van der Waals surface area contributed by atoms with Gasteiger partial charge < -0.3 is 14.6 Å². The second kappa shape index (κ2) is 8.73. The van der Waals surface area contributed by atoms with E-state index in [-0.39, 0.29) is 5.75 Å². The van der Waals surface area contributed by atoms with Crippen LogP contribution < -0.4 is 4.74 Å². The Morgan fingerprint density at radius 3 is 2.25 bits per heavy atom. The van der Waals surface area contributed by atoms with Gasteiger partial charge in [0.25, 0.3) is 0 Å². The van der Waals surface area contributed by atoms with E-state index in [4.69, 9.17) is 14.6 Å². The molecule has 0 bridgehead atoms. The summed E-state index contributed by atoms with van der Waals surface area (Å²) in [4.78, 5) is 10.2. The summed E-state index contributed by atoms with van der Waals surface area (Å²) in [7, 11) is 1.45.